The fourth-order valence-electron chi connectivity index (χ4n) is 3.55. The Morgan fingerprint density at radius 3 is 2.81 bits per heavy atom. The van der Waals surface area contributed by atoms with Crippen molar-refractivity contribution in [3.63, 3.8) is 0 Å². The Balaban J connectivity index is 0.00000196. The SMILES string of the molecule is Cl.NC1(c2noc(COc3cccc(N4CCCC4=O)c3)n2)CCCC1. The monoisotopic (exact) mass is 378 g/mol. The smallest absolute Gasteiger partial charge is 0.264 e. The van der Waals surface area contributed by atoms with Gasteiger partial charge in [0.15, 0.2) is 12.4 Å². The number of halogens is 1. The van der Waals surface area contributed by atoms with Crippen molar-refractivity contribution in [1.82, 2.24) is 10.1 Å². The van der Waals surface area contributed by atoms with Gasteiger partial charge >= 0.3 is 0 Å². The summed E-state index contributed by atoms with van der Waals surface area (Å²) in [5, 5.41) is 4.03. The zero-order valence-corrected chi connectivity index (χ0v) is 15.3. The molecule has 1 saturated carbocycles. The first-order valence-electron chi connectivity index (χ1n) is 8.79. The summed E-state index contributed by atoms with van der Waals surface area (Å²) < 4.78 is 11.0. The van der Waals surface area contributed by atoms with Gasteiger partial charge in [-0.2, -0.15) is 4.98 Å². The van der Waals surface area contributed by atoms with Crippen molar-refractivity contribution in [2.45, 2.75) is 50.7 Å². The van der Waals surface area contributed by atoms with Crippen LogP contribution in [0.4, 0.5) is 5.69 Å². The zero-order chi connectivity index (χ0) is 17.3. The number of carbonyl (C=O) groups is 1. The summed E-state index contributed by atoms with van der Waals surface area (Å²) in [6.45, 7) is 0.939. The van der Waals surface area contributed by atoms with E-state index in [9.17, 15) is 4.79 Å². The third kappa shape index (κ3) is 3.68. The second-order valence-corrected chi connectivity index (χ2v) is 6.81. The quantitative estimate of drug-likeness (QED) is 0.859. The van der Waals surface area contributed by atoms with E-state index >= 15 is 0 Å². The van der Waals surface area contributed by atoms with Gasteiger partial charge in [0.05, 0.1) is 5.54 Å². The molecule has 2 aromatic rings. The van der Waals surface area contributed by atoms with Crippen LogP contribution in [0.2, 0.25) is 0 Å². The molecule has 1 aromatic heterocycles. The number of nitrogens with zero attached hydrogens (tertiary/aromatic N) is 3. The van der Waals surface area contributed by atoms with E-state index in [-0.39, 0.29) is 24.9 Å². The van der Waals surface area contributed by atoms with E-state index in [1.807, 2.05) is 24.3 Å². The number of carbonyl (C=O) groups excluding carboxylic acids is 1. The molecule has 1 aromatic carbocycles. The second-order valence-electron chi connectivity index (χ2n) is 6.81. The van der Waals surface area contributed by atoms with E-state index in [0.717, 1.165) is 44.3 Å². The van der Waals surface area contributed by atoms with E-state index in [0.29, 0.717) is 23.9 Å². The van der Waals surface area contributed by atoms with Crippen LogP contribution in [0.3, 0.4) is 0 Å². The Labute approximate surface area is 158 Å². The van der Waals surface area contributed by atoms with Crippen LogP contribution >= 0.6 is 12.4 Å². The Morgan fingerprint density at radius 1 is 1.27 bits per heavy atom. The average molecular weight is 379 g/mol. The third-order valence-corrected chi connectivity index (χ3v) is 4.97. The van der Waals surface area contributed by atoms with Crippen LogP contribution in [-0.4, -0.2) is 22.6 Å². The van der Waals surface area contributed by atoms with Gasteiger partial charge in [0.25, 0.3) is 5.89 Å². The van der Waals surface area contributed by atoms with Crippen molar-refractivity contribution in [1.29, 1.82) is 0 Å². The lowest BCUT2D eigenvalue weighted by Gasteiger charge is -2.17. The Morgan fingerprint density at radius 2 is 2.08 bits per heavy atom. The summed E-state index contributed by atoms with van der Waals surface area (Å²) in [6, 6.07) is 7.51. The summed E-state index contributed by atoms with van der Waals surface area (Å²) in [6.07, 6.45) is 5.47. The molecule has 0 radical (unpaired) electrons. The molecule has 0 spiro atoms. The number of hydrogen-bond acceptors (Lipinski definition) is 6. The van der Waals surface area contributed by atoms with Crippen LogP contribution in [0, 0.1) is 0 Å². The van der Waals surface area contributed by atoms with Gasteiger partial charge in [0.2, 0.25) is 5.91 Å². The summed E-state index contributed by atoms with van der Waals surface area (Å²) in [5.41, 5.74) is 6.74. The number of rotatable bonds is 5. The minimum absolute atomic E-state index is 0. The maximum atomic E-state index is 11.9. The maximum Gasteiger partial charge on any atom is 0.264 e. The standard InChI is InChI=1S/C18H22N4O3.ClH/c19-18(8-1-2-9-18)17-20-15(25-21-17)12-24-14-6-3-5-13(11-14)22-10-4-7-16(22)23;/h3,5-6,11H,1-2,4,7-10,12,19H2;1H. The molecular formula is C18H23ClN4O3. The summed E-state index contributed by atoms with van der Waals surface area (Å²) >= 11 is 0. The average Bonchev–Trinajstić information content (AvgIpc) is 3.34. The van der Waals surface area contributed by atoms with Crippen LogP contribution in [-0.2, 0) is 16.9 Å². The number of benzene rings is 1. The summed E-state index contributed by atoms with van der Waals surface area (Å²) in [7, 11) is 0. The molecule has 1 saturated heterocycles. The number of hydrogen-bond donors (Lipinski definition) is 1. The number of anilines is 1. The molecule has 2 N–H and O–H groups in total. The van der Waals surface area contributed by atoms with Crippen molar-refractivity contribution >= 4 is 24.0 Å². The number of nitrogens with two attached hydrogens (primary N) is 1. The van der Waals surface area contributed by atoms with E-state index < -0.39 is 5.54 Å². The lowest BCUT2D eigenvalue weighted by Crippen LogP contribution is -2.34. The Bertz CT molecular complexity index is 773. The minimum atomic E-state index is -0.461. The van der Waals surface area contributed by atoms with Crippen LogP contribution in [0.1, 0.15) is 50.2 Å². The highest BCUT2D eigenvalue weighted by Crippen LogP contribution is 2.34. The summed E-state index contributed by atoms with van der Waals surface area (Å²) in [5.74, 6) is 1.80. The largest absolute Gasteiger partial charge is 0.484 e. The molecule has 26 heavy (non-hydrogen) atoms. The predicted molar refractivity (Wildman–Crippen MR) is 98.2 cm³/mol. The van der Waals surface area contributed by atoms with E-state index in [4.69, 9.17) is 15.0 Å². The molecule has 1 aliphatic heterocycles. The van der Waals surface area contributed by atoms with Gasteiger partial charge in [0.1, 0.15) is 5.75 Å². The fourth-order valence-corrected chi connectivity index (χ4v) is 3.55. The molecule has 7 nitrogen and oxygen atoms in total. The maximum absolute atomic E-state index is 11.9. The highest BCUT2D eigenvalue weighted by molar-refractivity contribution is 5.95. The highest BCUT2D eigenvalue weighted by atomic mass is 35.5. The number of amides is 1. The number of ether oxygens (including phenoxy) is 1. The first-order chi connectivity index (χ1) is 12.1. The molecule has 2 fully saturated rings. The molecule has 2 heterocycles. The molecule has 1 aliphatic carbocycles. The van der Waals surface area contributed by atoms with Gasteiger partial charge in [-0.25, -0.2) is 0 Å². The Hall–Kier alpha value is -2.12. The molecule has 0 bridgehead atoms. The van der Waals surface area contributed by atoms with Crippen LogP contribution in [0.5, 0.6) is 5.75 Å². The van der Waals surface area contributed by atoms with Crippen molar-refractivity contribution in [3.8, 4) is 5.75 Å². The van der Waals surface area contributed by atoms with Crippen molar-refractivity contribution in [2.24, 2.45) is 5.73 Å². The van der Waals surface area contributed by atoms with Gasteiger partial charge in [-0.3, -0.25) is 4.79 Å². The molecule has 1 amide bonds. The van der Waals surface area contributed by atoms with E-state index in [1.165, 1.54) is 0 Å². The third-order valence-electron chi connectivity index (χ3n) is 4.97. The highest BCUT2D eigenvalue weighted by Gasteiger charge is 2.36. The zero-order valence-electron chi connectivity index (χ0n) is 14.5. The fraction of sp³-hybridized carbons (Fsp3) is 0.500. The van der Waals surface area contributed by atoms with E-state index in [1.54, 1.807) is 4.90 Å². The first-order valence-corrected chi connectivity index (χ1v) is 8.79. The second kappa shape index (κ2) is 7.63. The molecule has 0 unspecified atom stereocenters. The molecule has 8 heteroatoms. The first kappa shape index (κ1) is 18.7. The topological polar surface area (TPSA) is 94.5 Å². The van der Waals surface area contributed by atoms with Gasteiger partial charge in [-0.15, -0.1) is 12.4 Å². The number of aromatic nitrogens is 2. The Kier molecular flexibility index (Phi) is 5.48. The van der Waals surface area contributed by atoms with Crippen LogP contribution < -0.4 is 15.4 Å². The molecule has 4 rings (SSSR count). The normalized spacial score (nSPS) is 18.8. The lowest BCUT2D eigenvalue weighted by molar-refractivity contribution is -0.117. The van der Waals surface area contributed by atoms with Gasteiger partial charge in [0, 0.05) is 24.7 Å². The molecule has 140 valence electrons. The van der Waals surface area contributed by atoms with Crippen molar-refractivity contribution in [3.05, 3.63) is 36.0 Å². The van der Waals surface area contributed by atoms with E-state index in [2.05, 4.69) is 10.1 Å². The van der Waals surface area contributed by atoms with Crippen LogP contribution in [0.15, 0.2) is 28.8 Å². The molecular weight excluding hydrogens is 356 g/mol. The predicted octanol–water partition coefficient (Wildman–Crippen LogP) is 2.93. The molecule has 2 aliphatic rings. The van der Waals surface area contributed by atoms with Crippen molar-refractivity contribution < 1.29 is 14.1 Å². The van der Waals surface area contributed by atoms with Gasteiger partial charge < -0.3 is 19.9 Å². The molecule has 0 atom stereocenters. The minimum Gasteiger partial charge on any atom is -0.484 e. The van der Waals surface area contributed by atoms with Crippen LogP contribution in [0.25, 0.3) is 0 Å². The van der Waals surface area contributed by atoms with Gasteiger partial charge in [-0.05, 0) is 31.4 Å². The lowest BCUT2D eigenvalue weighted by atomic mass is 9.99. The van der Waals surface area contributed by atoms with Crippen molar-refractivity contribution in [2.75, 3.05) is 11.4 Å². The summed E-state index contributed by atoms with van der Waals surface area (Å²) in [4.78, 5) is 18.1. The van der Waals surface area contributed by atoms with Gasteiger partial charge in [-0.1, -0.05) is 24.1 Å².